The fourth-order valence-corrected chi connectivity index (χ4v) is 3.29. The van der Waals surface area contributed by atoms with Crippen LogP contribution in [0.4, 0.5) is 4.39 Å². The molecule has 3 heteroatoms. The molecule has 2 aromatic rings. The van der Waals surface area contributed by atoms with Gasteiger partial charge in [0.2, 0.25) is 0 Å². The van der Waals surface area contributed by atoms with E-state index in [0.717, 1.165) is 24.0 Å². The Bertz CT molecular complexity index is 569. The third-order valence-electron chi connectivity index (χ3n) is 4.50. The van der Waals surface area contributed by atoms with Crippen LogP contribution in [0, 0.1) is 11.7 Å². The molecular formula is C17H22FNO. The summed E-state index contributed by atoms with van der Waals surface area (Å²) < 4.78 is 19.4. The van der Waals surface area contributed by atoms with Crippen molar-refractivity contribution in [3.63, 3.8) is 0 Å². The SMILES string of the molecule is NC(c1cc2cccc(F)c2o1)C1CCCCCCC1. The second kappa shape index (κ2) is 5.96. The highest BCUT2D eigenvalue weighted by atomic mass is 19.1. The molecule has 1 aromatic carbocycles. The first-order valence-corrected chi connectivity index (χ1v) is 7.69. The molecule has 0 bridgehead atoms. The van der Waals surface area contributed by atoms with Crippen LogP contribution in [0.5, 0.6) is 0 Å². The molecule has 1 aromatic heterocycles. The zero-order valence-corrected chi connectivity index (χ0v) is 11.8. The number of nitrogens with two attached hydrogens (primary N) is 1. The first-order valence-electron chi connectivity index (χ1n) is 7.69. The molecule has 1 saturated carbocycles. The lowest BCUT2D eigenvalue weighted by Crippen LogP contribution is -2.21. The van der Waals surface area contributed by atoms with Crippen molar-refractivity contribution >= 4 is 11.0 Å². The lowest BCUT2D eigenvalue weighted by atomic mass is 9.85. The molecule has 1 aliphatic carbocycles. The third kappa shape index (κ3) is 2.73. The topological polar surface area (TPSA) is 39.2 Å². The highest BCUT2D eigenvalue weighted by Gasteiger charge is 2.23. The van der Waals surface area contributed by atoms with Crippen molar-refractivity contribution in [3.05, 3.63) is 35.8 Å². The minimum atomic E-state index is -0.307. The number of halogens is 1. The second-order valence-electron chi connectivity index (χ2n) is 5.94. The molecule has 2 nitrogen and oxygen atoms in total. The number of benzene rings is 1. The average molecular weight is 275 g/mol. The summed E-state index contributed by atoms with van der Waals surface area (Å²) in [6.07, 6.45) is 8.75. The van der Waals surface area contributed by atoms with Crippen molar-refractivity contribution in [2.75, 3.05) is 0 Å². The molecule has 1 unspecified atom stereocenters. The van der Waals surface area contributed by atoms with Crippen LogP contribution in [0.25, 0.3) is 11.0 Å². The largest absolute Gasteiger partial charge is 0.456 e. The van der Waals surface area contributed by atoms with Gasteiger partial charge in [-0.25, -0.2) is 4.39 Å². The van der Waals surface area contributed by atoms with Gasteiger partial charge in [-0.3, -0.25) is 0 Å². The molecule has 0 spiro atoms. The number of para-hydroxylation sites is 1. The smallest absolute Gasteiger partial charge is 0.169 e. The second-order valence-corrected chi connectivity index (χ2v) is 5.94. The van der Waals surface area contributed by atoms with Crippen molar-refractivity contribution in [3.8, 4) is 0 Å². The van der Waals surface area contributed by atoms with Gasteiger partial charge in [0.1, 0.15) is 5.76 Å². The Morgan fingerprint density at radius 1 is 1.10 bits per heavy atom. The van der Waals surface area contributed by atoms with Gasteiger partial charge in [0.15, 0.2) is 11.4 Å². The van der Waals surface area contributed by atoms with Gasteiger partial charge < -0.3 is 10.2 Å². The molecule has 108 valence electrons. The minimum Gasteiger partial charge on any atom is -0.456 e. The maximum absolute atomic E-state index is 13.7. The summed E-state index contributed by atoms with van der Waals surface area (Å²) >= 11 is 0. The predicted octanol–water partition coefficient (Wildman–Crippen LogP) is 4.93. The summed E-state index contributed by atoms with van der Waals surface area (Å²) in [5.41, 5.74) is 6.72. The van der Waals surface area contributed by atoms with E-state index in [-0.39, 0.29) is 11.9 Å². The summed E-state index contributed by atoms with van der Waals surface area (Å²) in [6.45, 7) is 0. The Hall–Kier alpha value is -1.35. The molecule has 1 heterocycles. The van der Waals surface area contributed by atoms with E-state index in [4.69, 9.17) is 10.2 Å². The first-order chi connectivity index (χ1) is 9.75. The van der Waals surface area contributed by atoms with E-state index in [1.165, 1.54) is 38.2 Å². The summed E-state index contributed by atoms with van der Waals surface area (Å²) in [6, 6.07) is 6.80. The molecule has 20 heavy (non-hydrogen) atoms. The molecule has 1 aliphatic rings. The Labute approximate surface area is 119 Å². The molecule has 0 amide bonds. The monoisotopic (exact) mass is 275 g/mol. The standard InChI is InChI=1S/C17H22FNO/c18-14-10-6-9-13-11-15(20-17(13)14)16(19)12-7-4-2-1-3-5-8-12/h6,9-12,16H,1-5,7-8,19H2. The van der Waals surface area contributed by atoms with E-state index in [9.17, 15) is 4.39 Å². The van der Waals surface area contributed by atoms with Gasteiger partial charge in [-0.1, -0.05) is 44.2 Å². The molecule has 3 rings (SSSR count). The fraction of sp³-hybridized carbons (Fsp3) is 0.529. The van der Waals surface area contributed by atoms with Crippen molar-refractivity contribution in [1.29, 1.82) is 0 Å². The van der Waals surface area contributed by atoms with Gasteiger partial charge in [-0.2, -0.15) is 0 Å². The third-order valence-corrected chi connectivity index (χ3v) is 4.50. The predicted molar refractivity (Wildman–Crippen MR) is 78.9 cm³/mol. The summed E-state index contributed by atoms with van der Waals surface area (Å²) in [7, 11) is 0. The van der Waals surface area contributed by atoms with E-state index in [1.54, 1.807) is 6.07 Å². The number of rotatable bonds is 2. The number of fused-ring (bicyclic) bond motifs is 1. The average Bonchev–Trinajstić information content (AvgIpc) is 2.83. The van der Waals surface area contributed by atoms with Gasteiger partial charge in [0, 0.05) is 5.39 Å². The van der Waals surface area contributed by atoms with E-state index in [0.29, 0.717) is 11.5 Å². The molecule has 0 aliphatic heterocycles. The van der Waals surface area contributed by atoms with Gasteiger partial charge in [-0.05, 0) is 30.9 Å². The van der Waals surface area contributed by atoms with E-state index in [2.05, 4.69) is 0 Å². The van der Waals surface area contributed by atoms with Crippen LogP contribution < -0.4 is 5.73 Å². The highest BCUT2D eigenvalue weighted by molar-refractivity contribution is 5.78. The maximum Gasteiger partial charge on any atom is 0.169 e. The van der Waals surface area contributed by atoms with Gasteiger partial charge in [0.05, 0.1) is 6.04 Å². The molecule has 2 N–H and O–H groups in total. The Morgan fingerprint density at radius 3 is 2.50 bits per heavy atom. The lowest BCUT2D eigenvalue weighted by molar-refractivity contribution is 0.300. The Morgan fingerprint density at radius 2 is 1.80 bits per heavy atom. The Balaban J connectivity index is 1.83. The zero-order valence-electron chi connectivity index (χ0n) is 11.8. The van der Waals surface area contributed by atoms with Gasteiger partial charge in [-0.15, -0.1) is 0 Å². The lowest BCUT2D eigenvalue weighted by Gasteiger charge is -2.24. The molecule has 0 saturated heterocycles. The van der Waals surface area contributed by atoms with Gasteiger partial charge >= 0.3 is 0 Å². The normalized spacial score (nSPS) is 19.7. The number of hydrogen-bond acceptors (Lipinski definition) is 2. The first kappa shape index (κ1) is 13.6. The zero-order chi connectivity index (χ0) is 13.9. The van der Waals surface area contributed by atoms with Crippen molar-refractivity contribution in [2.24, 2.45) is 11.7 Å². The summed E-state index contributed by atoms with van der Waals surface area (Å²) in [5.74, 6) is 0.883. The van der Waals surface area contributed by atoms with Crippen molar-refractivity contribution < 1.29 is 8.81 Å². The van der Waals surface area contributed by atoms with Crippen LogP contribution in [-0.4, -0.2) is 0 Å². The summed E-state index contributed by atoms with van der Waals surface area (Å²) in [5, 5.41) is 0.807. The van der Waals surface area contributed by atoms with Crippen LogP contribution in [-0.2, 0) is 0 Å². The van der Waals surface area contributed by atoms with Crippen LogP contribution in [0.1, 0.15) is 56.7 Å². The van der Waals surface area contributed by atoms with Crippen LogP contribution in [0.15, 0.2) is 28.7 Å². The van der Waals surface area contributed by atoms with Crippen LogP contribution in [0.2, 0.25) is 0 Å². The van der Waals surface area contributed by atoms with E-state index < -0.39 is 0 Å². The number of hydrogen-bond donors (Lipinski definition) is 1. The minimum absolute atomic E-state index is 0.111. The van der Waals surface area contributed by atoms with E-state index >= 15 is 0 Å². The van der Waals surface area contributed by atoms with E-state index in [1.807, 2.05) is 12.1 Å². The number of furan rings is 1. The maximum atomic E-state index is 13.7. The van der Waals surface area contributed by atoms with Crippen LogP contribution in [0.3, 0.4) is 0 Å². The fourth-order valence-electron chi connectivity index (χ4n) is 3.29. The highest BCUT2D eigenvalue weighted by Crippen LogP contribution is 2.34. The van der Waals surface area contributed by atoms with Crippen molar-refractivity contribution in [2.45, 2.75) is 51.0 Å². The molecule has 1 fully saturated rings. The molecular weight excluding hydrogens is 253 g/mol. The summed E-state index contributed by atoms with van der Waals surface area (Å²) in [4.78, 5) is 0. The van der Waals surface area contributed by atoms with Gasteiger partial charge in [0.25, 0.3) is 0 Å². The Kier molecular flexibility index (Phi) is 4.06. The molecule has 1 atom stereocenters. The van der Waals surface area contributed by atoms with Crippen LogP contribution >= 0.6 is 0 Å². The van der Waals surface area contributed by atoms with Crippen molar-refractivity contribution in [1.82, 2.24) is 0 Å². The molecule has 0 radical (unpaired) electrons. The quantitative estimate of drug-likeness (QED) is 0.843.